The topological polar surface area (TPSA) is 25.2 Å². The first-order valence-corrected chi connectivity index (χ1v) is 5.98. The molecule has 2 aromatic rings. The summed E-state index contributed by atoms with van der Waals surface area (Å²) < 4.78 is 5.95. The Morgan fingerprint density at radius 2 is 2.06 bits per heavy atom. The van der Waals surface area contributed by atoms with Crippen LogP contribution >= 0.6 is 0 Å². The second kappa shape index (κ2) is 3.63. The fourth-order valence-corrected chi connectivity index (χ4v) is 2.44. The molecule has 2 unspecified atom stereocenters. The van der Waals surface area contributed by atoms with E-state index in [9.17, 15) is 0 Å². The lowest BCUT2D eigenvalue weighted by molar-refractivity contribution is 0.394. The molecule has 1 N–H and O–H groups in total. The number of hydrogen-bond acceptors (Lipinski definition) is 2. The van der Waals surface area contributed by atoms with Crippen LogP contribution < -0.4 is 5.32 Å². The summed E-state index contributed by atoms with van der Waals surface area (Å²) in [6.45, 7) is 5.45. The number of hydrogen-bond donors (Lipinski definition) is 1. The van der Waals surface area contributed by atoms with Crippen LogP contribution in [-0.2, 0) is 13.0 Å². The molecule has 2 heterocycles. The first-order chi connectivity index (χ1) is 7.75. The predicted molar refractivity (Wildman–Crippen MR) is 65.4 cm³/mol. The smallest absolute Gasteiger partial charge is 0.134 e. The molecule has 0 saturated carbocycles. The molecule has 0 fully saturated rings. The van der Waals surface area contributed by atoms with Gasteiger partial charge in [-0.15, -0.1) is 0 Å². The Morgan fingerprint density at radius 1 is 1.25 bits per heavy atom. The van der Waals surface area contributed by atoms with E-state index in [2.05, 4.69) is 37.4 Å². The highest BCUT2D eigenvalue weighted by atomic mass is 16.3. The van der Waals surface area contributed by atoms with Crippen LogP contribution in [0.4, 0.5) is 0 Å². The minimum atomic E-state index is 0.557. The normalized spacial score (nSPS) is 25.4. The molecule has 1 aliphatic rings. The zero-order valence-corrected chi connectivity index (χ0v) is 9.79. The molecular weight excluding hydrogens is 198 g/mol. The van der Waals surface area contributed by atoms with E-state index in [1.54, 1.807) is 0 Å². The van der Waals surface area contributed by atoms with Crippen molar-refractivity contribution in [2.45, 2.75) is 32.9 Å². The summed E-state index contributed by atoms with van der Waals surface area (Å²) in [4.78, 5) is 0. The van der Waals surface area contributed by atoms with Gasteiger partial charge in [-0.2, -0.15) is 0 Å². The molecule has 2 atom stereocenters. The van der Waals surface area contributed by atoms with Gasteiger partial charge in [0, 0.05) is 30.0 Å². The second-order valence-electron chi connectivity index (χ2n) is 4.85. The Kier molecular flexibility index (Phi) is 2.25. The minimum absolute atomic E-state index is 0.557. The molecule has 0 amide bonds. The van der Waals surface area contributed by atoms with Gasteiger partial charge >= 0.3 is 0 Å². The average Bonchev–Trinajstić information content (AvgIpc) is 2.56. The Balaban J connectivity index is 2.14. The molecule has 2 heteroatoms. The number of nitrogens with one attached hydrogen (secondary N) is 1. The van der Waals surface area contributed by atoms with Crippen LogP contribution in [0.5, 0.6) is 0 Å². The summed E-state index contributed by atoms with van der Waals surface area (Å²) >= 11 is 0. The molecule has 0 spiro atoms. The van der Waals surface area contributed by atoms with Crippen molar-refractivity contribution in [3.8, 4) is 0 Å². The van der Waals surface area contributed by atoms with Crippen molar-refractivity contribution < 1.29 is 4.42 Å². The lowest BCUT2D eigenvalue weighted by Crippen LogP contribution is -2.30. The molecule has 0 aliphatic carbocycles. The molecule has 1 aromatic carbocycles. The predicted octanol–water partition coefficient (Wildman–Crippen LogP) is 3.10. The van der Waals surface area contributed by atoms with Crippen LogP contribution in [0.3, 0.4) is 0 Å². The summed E-state index contributed by atoms with van der Waals surface area (Å²) in [5.41, 5.74) is 2.38. The summed E-state index contributed by atoms with van der Waals surface area (Å²) in [6.07, 6.45) is 1.04. The first kappa shape index (κ1) is 9.91. The summed E-state index contributed by atoms with van der Waals surface area (Å²) in [5, 5.41) is 4.84. The zero-order valence-electron chi connectivity index (χ0n) is 9.79. The zero-order chi connectivity index (χ0) is 11.1. The Bertz CT molecular complexity index is 514. The van der Waals surface area contributed by atoms with Crippen molar-refractivity contribution in [1.29, 1.82) is 0 Å². The fraction of sp³-hybridized carbons (Fsp3) is 0.429. The summed E-state index contributed by atoms with van der Waals surface area (Å²) in [5.74, 6) is 1.80. The van der Waals surface area contributed by atoms with Crippen molar-refractivity contribution >= 4 is 11.0 Å². The van der Waals surface area contributed by atoms with E-state index in [0.29, 0.717) is 12.0 Å². The van der Waals surface area contributed by atoms with Gasteiger partial charge in [0.25, 0.3) is 0 Å². The van der Waals surface area contributed by atoms with E-state index in [0.717, 1.165) is 18.5 Å². The van der Waals surface area contributed by atoms with Crippen molar-refractivity contribution in [3.63, 3.8) is 0 Å². The molecule has 0 saturated heterocycles. The van der Waals surface area contributed by atoms with Gasteiger partial charge in [-0.3, -0.25) is 0 Å². The average molecular weight is 215 g/mol. The highest BCUT2D eigenvalue weighted by Crippen LogP contribution is 2.30. The molecule has 1 aromatic heterocycles. The van der Waals surface area contributed by atoms with E-state index in [4.69, 9.17) is 4.42 Å². The quantitative estimate of drug-likeness (QED) is 0.730. The summed E-state index contributed by atoms with van der Waals surface area (Å²) in [6, 6.07) is 8.87. The highest BCUT2D eigenvalue weighted by Gasteiger charge is 2.23. The van der Waals surface area contributed by atoms with Crippen LogP contribution in [0.25, 0.3) is 11.0 Å². The Hall–Kier alpha value is -1.28. The Labute approximate surface area is 95.6 Å². The van der Waals surface area contributed by atoms with E-state index in [1.807, 2.05) is 6.07 Å². The minimum Gasteiger partial charge on any atom is -0.461 e. The molecule has 16 heavy (non-hydrogen) atoms. The maximum atomic E-state index is 5.95. The molecule has 2 nitrogen and oxygen atoms in total. The van der Waals surface area contributed by atoms with Gasteiger partial charge in [-0.1, -0.05) is 25.1 Å². The lowest BCUT2D eigenvalue weighted by atomic mass is 9.99. The highest BCUT2D eigenvalue weighted by molar-refractivity contribution is 5.82. The maximum absolute atomic E-state index is 5.95. The molecule has 0 radical (unpaired) electrons. The van der Waals surface area contributed by atoms with Crippen LogP contribution in [0.15, 0.2) is 28.7 Å². The number of para-hydroxylation sites is 1. The van der Waals surface area contributed by atoms with E-state index >= 15 is 0 Å². The SMILES string of the molecule is CC1Cc2oc3ccccc3c2CNC1C. The van der Waals surface area contributed by atoms with Gasteiger partial charge in [-0.05, 0) is 18.9 Å². The number of rotatable bonds is 0. The Morgan fingerprint density at radius 3 is 2.94 bits per heavy atom. The molecule has 0 bridgehead atoms. The largest absolute Gasteiger partial charge is 0.461 e. The molecule has 3 rings (SSSR count). The maximum Gasteiger partial charge on any atom is 0.134 e. The molecule has 1 aliphatic heterocycles. The van der Waals surface area contributed by atoms with Gasteiger partial charge in [0.05, 0.1) is 0 Å². The van der Waals surface area contributed by atoms with Crippen molar-refractivity contribution in [1.82, 2.24) is 5.32 Å². The summed E-state index contributed by atoms with van der Waals surface area (Å²) in [7, 11) is 0. The van der Waals surface area contributed by atoms with Gasteiger partial charge < -0.3 is 9.73 Å². The number of fused-ring (bicyclic) bond motifs is 3. The van der Waals surface area contributed by atoms with Gasteiger partial charge in [0.15, 0.2) is 0 Å². The van der Waals surface area contributed by atoms with Gasteiger partial charge in [-0.25, -0.2) is 0 Å². The van der Waals surface area contributed by atoms with E-state index < -0.39 is 0 Å². The third-order valence-electron chi connectivity index (χ3n) is 3.74. The number of furan rings is 1. The van der Waals surface area contributed by atoms with Crippen molar-refractivity contribution in [2.24, 2.45) is 5.92 Å². The van der Waals surface area contributed by atoms with Crippen LogP contribution in [0, 0.1) is 5.92 Å². The molecular formula is C14H17NO. The third-order valence-corrected chi connectivity index (χ3v) is 3.74. The first-order valence-electron chi connectivity index (χ1n) is 5.98. The van der Waals surface area contributed by atoms with E-state index in [1.165, 1.54) is 16.7 Å². The monoisotopic (exact) mass is 215 g/mol. The van der Waals surface area contributed by atoms with Crippen LogP contribution in [0.1, 0.15) is 25.2 Å². The standard InChI is InChI=1S/C14H17NO/c1-9-7-14-12(8-15-10(9)2)11-5-3-4-6-13(11)16-14/h3-6,9-10,15H,7-8H2,1-2H3. The van der Waals surface area contributed by atoms with Crippen molar-refractivity contribution in [3.05, 3.63) is 35.6 Å². The van der Waals surface area contributed by atoms with Crippen molar-refractivity contribution in [2.75, 3.05) is 0 Å². The molecule has 84 valence electrons. The van der Waals surface area contributed by atoms with Crippen LogP contribution in [-0.4, -0.2) is 6.04 Å². The van der Waals surface area contributed by atoms with Gasteiger partial charge in [0.1, 0.15) is 11.3 Å². The third kappa shape index (κ3) is 1.45. The van der Waals surface area contributed by atoms with E-state index in [-0.39, 0.29) is 0 Å². The number of benzene rings is 1. The van der Waals surface area contributed by atoms with Crippen LogP contribution in [0.2, 0.25) is 0 Å². The second-order valence-corrected chi connectivity index (χ2v) is 4.85. The van der Waals surface area contributed by atoms with Gasteiger partial charge in [0.2, 0.25) is 0 Å². The lowest BCUT2D eigenvalue weighted by Gasteiger charge is -2.16. The fourth-order valence-electron chi connectivity index (χ4n) is 2.44.